The van der Waals surface area contributed by atoms with E-state index in [0.717, 1.165) is 37.8 Å². The van der Waals surface area contributed by atoms with Gasteiger partial charge in [-0.2, -0.15) is 0 Å². The number of hydrogen-bond acceptors (Lipinski definition) is 3. The maximum atomic E-state index is 5.42. The Morgan fingerprint density at radius 2 is 1.83 bits per heavy atom. The van der Waals surface area contributed by atoms with E-state index in [9.17, 15) is 0 Å². The fourth-order valence-electron chi connectivity index (χ4n) is 1.13. The van der Waals surface area contributed by atoms with Crippen molar-refractivity contribution in [2.75, 3.05) is 6.54 Å². The topological polar surface area (TPSA) is 78.1 Å². The average Bonchev–Trinajstić information content (AvgIpc) is 1.97. The van der Waals surface area contributed by atoms with Gasteiger partial charge in [0.25, 0.3) is 0 Å². The fraction of sp³-hybridized carbons (Fsp3) is 0.778. The molecule has 0 atom stereocenters. The molecular formula is C9H21N3. The Morgan fingerprint density at radius 1 is 1.17 bits per heavy atom. The first-order valence-corrected chi connectivity index (χ1v) is 4.54. The molecule has 3 nitrogen and oxygen atoms in total. The highest BCUT2D eigenvalue weighted by atomic mass is 14.8. The predicted octanol–water partition coefficient (Wildman–Crippen LogP) is 0.695. The zero-order valence-corrected chi connectivity index (χ0v) is 7.76. The van der Waals surface area contributed by atoms with Crippen molar-refractivity contribution < 1.29 is 0 Å². The highest BCUT2D eigenvalue weighted by Gasteiger charge is 1.98. The zero-order valence-electron chi connectivity index (χ0n) is 7.76. The Morgan fingerprint density at radius 3 is 2.33 bits per heavy atom. The molecule has 0 spiro atoms. The van der Waals surface area contributed by atoms with Crippen molar-refractivity contribution in [3.05, 3.63) is 12.2 Å². The Hall–Kier alpha value is -0.380. The Labute approximate surface area is 75.0 Å². The van der Waals surface area contributed by atoms with Gasteiger partial charge in [-0.1, -0.05) is 18.6 Å². The zero-order chi connectivity index (χ0) is 9.40. The summed E-state index contributed by atoms with van der Waals surface area (Å²) in [6.45, 7) is 4.68. The molecular weight excluding hydrogens is 150 g/mol. The summed E-state index contributed by atoms with van der Waals surface area (Å²) in [5.74, 6) is 0. The van der Waals surface area contributed by atoms with Crippen LogP contribution in [0.3, 0.4) is 0 Å². The second-order valence-corrected chi connectivity index (χ2v) is 3.22. The molecule has 0 fully saturated rings. The van der Waals surface area contributed by atoms with Crippen molar-refractivity contribution in [3.8, 4) is 0 Å². The Kier molecular flexibility index (Phi) is 7.05. The van der Waals surface area contributed by atoms with E-state index in [1.807, 2.05) is 0 Å². The molecule has 0 rings (SSSR count). The van der Waals surface area contributed by atoms with E-state index in [4.69, 9.17) is 17.2 Å². The standard InChI is InChI=1S/C9H21N3/c1-8(7-9(11)12)5-3-2-4-6-10/h9H,1-7,10-12H2. The van der Waals surface area contributed by atoms with Gasteiger partial charge in [0.2, 0.25) is 0 Å². The van der Waals surface area contributed by atoms with E-state index in [1.165, 1.54) is 6.42 Å². The number of hydrogen-bond donors (Lipinski definition) is 3. The molecule has 0 aliphatic carbocycles. The molecule has 0 amide bonds. The van der Waals surface area contributed by atoms with Gasteiger partial charge in [-0.15, -0.1) is 0 Å². The molecule has 72 valence electrons. The van der Waals surface area contributed by atoms with Crippen LogP contribution in [0.25, 0.3) is 0 Å². The molecule has 0 radical (unpaired) electrons. The molecule has 0 heterocycles. The monoisotopic (exact) mass is 171 g/mol. The Bertz CT molecular complexity index is 121. The van der Waals surface area contributed by atoms with Crippen LogP contribution in [0.15, 0.2) is 12.2 Å². The molecule has 0 bridgehead atoms. The third kappa shape index (κ3) is 7.72. The first kappa shape index (κ1) is 11.6. The summed E-state index contributed by atoms with van der Waals surface area (Å²) >= 11 is 0. The van der Waals surface area contributed by atoms with Crippen LogP contribution in [-0.4, -0.2) is 12.7 Å². The van der Waals surface area contributed by atoms with Crippen LogP contribution in [0.5, 0.6) is 0 Å². The van der Waals surface area contributed by atoms with E-state index in [1.54, 1.807) is 0 Å². The third-order valence-electron chi connectivity index (χ3n) is 1.76. The summed E-state index contributed by atoms with van der Waals surface area (Å²) in [7, 11) is 0. The van der Waals surface area contributed by atoms with Gasteiger partial charge in [0, 0.05) is 0 Å². The van der Waals surface area contributed by atoms with Gasteiger partial charge in [-0.3, -0.25) is 0 Å². The summed E-state index contributed by atoms with van der Waals surface area (Å²) in [6, 6.07) is 0. The summed E-state index contributed by atoms with van der Waals surface area (Å²) in [5, 5.41) is 0. The minimum atomic E-state index is -0.244. The average molecular weight is 171 g/mol. The number of rotatable bonds is 7. The largest absolute Gasteiger partial charge is 0.330 e. The van der Waals surface area contributed by atoms with E-state index < -0.39 is 0 Å². The number of nitrogens with two attached hydrogens (primary N) is 3. The van der Waals surface area contributed by atoms with Crippen molar-refractivity contribution in [1.29, 1.82) is 0 Å². The van der Waals surface area contributed by atoms with Gasteiger partial charge < -0.3 is 17.2 Å². The lowest BCUT2D eigenvalue weighted by molar-refractivity contribution is 0.635. The van der Waals surface area contributed by atoms with Crippen LogP contribution in [-0.2, 0) is 0 Å². The van der Waals surface area contributed by atoms with Crippen LogP contribution in [0, 0.1) is 0 Å². The second-order valence-electron chi connectivity index (χ2n) is 3.22. The third-order valence-corrected chi connectivity index (χ3v) is 1.76. The molecule has 0 aromatic rings. The normalized spacial score (nSPS) is 10.7. The molecule has 0 aromatic heterocycles. The molecule has 0 aliphatic rings. The minimum Gasteiger partial charge on any atom is -0.330 e. The van der Waals surface area contributed by atoms with E-state index in [0.29, 0.717) is 0 Å². The van der Waals surface area contributed by atoms with E-state index in [-0.39, 0.29) is 6.17 Å². The SMILES string of the molecule is C=C(CCCCCN)CC(N)N. The first-order chi connectivity index (χ1) is 5.66. The van der Waals surface area contributed by atoms with Gasteiger partial charge in [-0.25, -0.2) is 0 Å². The van der Waals surface area contributed by atoms with Crippen LogP contribution in [0.4, 0.5) is 0 Å². The molecule has 0 saturated heterocycles. The smallest absolute Gasteiger partial charge is 0.0558 e. The van der Waals surface area contributed by atoms with Crippen LogP contribution in [0.2, 0.25) is 0 Å². The van der Waals surface area contributed by atoms with E-state index >= 15 is 0 Å². The van der Waals surface area contributed by atoms with Gasteiger partial charge in [0.05, 0.1) is 6.17 Å². The predicted molar refractivity (Wildman–Crippen MR) is 53.4 cm³/mol. The Balaban J connectivity index is 3.20. The quantitative estimate of drug-likeness (QED) is 0.300. The first-order valence-electron chi connectivity index (χ1n) is 4.54. The van der Waals surface area contributed by atoms with E-state index in [2.05, 4.69) is 6.58 Å². The molecule has 0 unspecified atom stereocenters. The molecule has 0 aliphatic heterocycles. The highest BCUT2D eigenvalue weighted by molar-refractivity contribution is 4.95. The lowest BCUT2D eigenvalue weighted by Gasteiger charge is -2.07. The minimum absolute atomic E-state index is 0.244. The van der Waals surface area contributed by atoms with Gasteiger partial charge >= 0.3 is 0 Å². The van der Waals surface area contributed by atoms with Crippen LogP contribution >= 0.6 is 0 Å². The highest BCUT2D eigenvalue weighted by Crippen LogP contribution is 2.10. The van der Waals surface area contributed by atoms with Crippen molar-refractivity contribution in [1.82, 2.24) is 0 Å². The maximum Gasteiger partial charge on any atom is 0.0558 e. The summed E-state index contributed by atoms with van der Waals surface area (Å²) in [6.07, 6.45) is 4.96. The second kappa shape index (κ2) is 7.28. The lowest BCUT2D eigenvalue weighted by atomic mass is 10.1. The molecule has 6 N–H and O–H groups in total. The van der Waals surface area contributed by atoms with Crippen molar-refractivity contribution in [3.63, 3.8) is 0 Å². The molecule has 3 heteroatoms. The van der Waals surface area contributed by atoms with Crippen molar-refractivity contribution >= 4 is 0 Å². The fourth-order valence-corrected chi connectivity index (χ4v) is 1.13. The van der Waals surface area contributed by atoms with Gasteiger partial charge in [0.1, 0.15) is 0 Å². The molecule has 0 saturated carbocycles. The molecule has 12 heavy (non-hydrogen) atoms. The molecule has 0 aromatic carbocycles. The summed E-state index contributed by atoms with van der Waals surface area (Å²) in [4.78, 5) is 0. The maximum absolute atomic E-state index is 5.42. The van der Waals surface area contributed by atoms with Crippen molar-refractivity contribution in [2.45, 2.75) is 38.3 Å². The van der Waals surface area contributed by atoms with Gasteiger partial charge in [-0.05, 0) is 32.2 Å². The van der Waals surface area contributed by atoms with Crippen molar-refractivity contribution in [2.24, 2.45) is 17.2 Å². The van der Waals surface area contributed by atoms with Gasteiger partial charge in [0.15, 0.2) is 0 Å². The van der Waals surface area contributed by atoms with Crippen LogP contribution < -0.4 is 17.2 Å². The summed E-state index contributed by atoms with van der Waals surface area (Å²) in [5.41, 5.74) is 17.4. The summed E-state index contributed by atoms with van der Waals surface area (Å²) < 4.78 is 0. The van der Waals surface area contributed by atoms with Crippen LogP contribution in [0.1, 0.15) is 32.1 Å². The number of unbranched alkanes of at least 4 members (excludes halogenated alkanes) is 2. The lowest BCUT2D eigenvalue weighted by Crippen LogP contribution is -2.30.